The molecule has 0 bridgehead atoms. The maximum atomic E-state index is 15.2. The summed E-state index contributed by atoms with van der Waals surface area (Å²) >= 11 is 6.07. The molecular formula is C22H19ClFN11O. The van der Waals surface area contributed by atoms with Gasteiger partial charge in [0.1, 0.15) is 12.4 Å². The van der Waals surface area contributed by atoms with Crippen molar-refractivity contribution < 1.29 is 9.12 Å². The summed E-state index contributed by atoms with van der Waals surface area (Å²) in [6, 6.07) is 6.10. The van der Waals surface area contributed by atoms with Crippen LogP contribution in [0.4, 0.5) is 4.39 Å². The molecule has 5 aromatic rings. The second-order valence-electron chi connectivity index (χ2n) is 8.71. The van der Waals surface area contributed by atoms with Crippen molar-refractivity contribution in [3.63, 3.8) is 0 Å². The number of aryl methyl sites for hydroxylation is 1. The van der Waals surface area contributed by atoms with Crippen LogP contribution in [0.15, 0.2) is 49.2 Å². The molecule has 0 radical (unpaired) electrons. The van der Waals surface area contributed by atoms with Crippen LogP contribution in [-0.2, 0) is 7.05 Å². The van der Waals surface area contributed by atoms with Crippen LogP contribution in [0.25, 0.3) is 28.2 Å². The first-order valence-electron chi connectivity index (χ1n) is 11.2. The molecule has 1 aliphatic carbocycles. The SMILES string of the molecule is Cn1nnnc1-c1cnn(C(CC2CC2)c2ccc(-c3c(-n4cnnn4)ccc(Cl)c3F)c[n+]2[O-])c1. The van der Waals surface area contributed by atoms with E-state index in [1.54, 1.807) is 40.8 Å². The average Bonchev–Trinajstić information content (AvgIpc) is 3.24. The molecule has 182 valence electrons. The summed E-state index contributed by atoms with van der Waals surface area (Å²) in [7, 11) is 1.75. The van der Waals surface area contributed by atoms with Crippen LogP contribution in [0.5, 0.6) is 0 Å². The van der Waals surface area contributed by atoms with Gasteiger partial charge in [-0.2, -0.15) is 14.5 Å². The predicted molar refractivity (Wildman–Crippen MR) is 124 cm³/mol. The van der Waals surface area contributed by atoms with Crippen molar-refractivity contribution in [3.8, 4) is 28.2 Å². The Morgan fingerprint density at radius 1 is 1.17 bits per heavy atom. The summed E-state index contributed by atoms with van der Waals surface area (Å²) in [4.78, 5) is 0. The Hall–Kier alpha value is -4.26. The molecule has 4 aromatic heterocycles. The van der Waals surface area contributed by atoms with E-state index in [4.69, 9.17) is 11.6 Å². The first-order valence-corrected chi connectivity index (χ1v) is 11.6. The Morgan fingerprint density at radius 2 is 2.03 bits per heavy atom. The lowest BCUT2D eigenvalue weighted by Crippen LogP contribution is -2.35. The van der Waals surface area contributed by atoms with Gasteiger partial charge in [0.25, 0.3) is 0 Å². The number of hydrogen-bond donors (Lipinski definition) is 0. The van der Waals surface area contributed by atoms with Gasteiger partial charge in [-0.1, -0.05) is 24.4 Å². The normalized spacial score (nSPS) is 14.3. The van der Waals surface area contributed by atoms with E-state index in [1.165, 1.54) is 23.3 Å². The lowest BCUT2D eigenvalue weighted by Gasteiger charge is -2.18. The smallest absolute Gasteiger partial charge is 0.217 e. The number of tetrazole rings is 2. The largest absolute Gasteiger partial charge is 0.618 e. The van der Waals surface area contributed by atoms with Crippen LogP contribution in [0.2, 0.25) is 5.02 Å². The zero-order valence-corrected chi connectivity index (χ0v) is 19.7. The number of hydrogen-bond acceptors (Lipinski definition) is 8. The minimum Gasteiger partial charge on any atom is -0.618 e. The molecule has 12 nitrogen and oxygen atoms in total. The van der Waals surface area contributed by atoms with Gasteiger partial charge >= 0.3 is 0 Å². The number of benzene rings is 1. The van der Waals surface area contributed by atoms with E-state index in [2.05, 4.69) is 36.1 Å². The molecule has 0 amide bonds. The van der Waals surface area contributed by atoms with Gasteiger partial charge in [-0.25, -0.2) is 9.07 Å². The second-order valence-corrected chi connectivity index (χ2v) is 9.12. The highest BCUT2D eigenvalue weighted by molar-refractivity contribution is 6.31. The van der Waals surface area contributed by atoms with Gasteiger partial charge in [0.05, 0.1) is 33.6 Å². The second kappa shape index (κ2) is 8.75. The topological polar surface area (TPSA) is 132 Å². The molecule has 1 aromatic carbocycles. The van der Waals surface area contributed by atoms with Crippen LogP contribution in [0, 0.1) is 16.9 Å². The highest BCUT2D eigenvalue weighted by atomic mass is 35.5. The predicted octanol–water partition coefficient (Wildman–Crippen LogP) is 2.53. The fourth-order valence-electron chi connectivity index (χ4n) is 4.31. The molecule has 0 N–H and O–H groups in total. The first-order chi connectivity index (χ1) is 17.5. The van der Waals surface area contributed by atoms with Gasteiger partial charge in [0.15, 0.2) is 17.8 Å². The average molecular weight is 508 g/mol. The highest BCUT2D eigenvalue weighted by Crippen LogP contribution is 2.39. The number of aromatic nitrogens is 11. The van der Waals surface area contributed by atoms with Crippen molar-refractivity contribution in [2.45, 2.75) is 25.3 Å². The van der Waals surface area contributed by atoms with Crippen molar-refractivity contribution in [1.29, 1.82) is 0 Å². The van der Waals surface area contributed by atoms with Gasteiger partial charge < -0.3 is 5.21 Å². The summed E-state index contributed by atoms with van der Waals surface area (Å²) in [5, 5.41) is 40.5. The standard InChI is InChI=1S/C22H19ClFN11O/c1-32-22(27-29-30-32)15-9-26-33(10-15)19(8-13-2-3-13)17-6-4-14(11-35(17)36)20-18(34-12-25-28-31-34)7-5-16(23)21(20)24/h4-7,9-13,19H,2-3,8H2,1H3. The summed E-state index contributed by atoms with van der Waals surface area (Å²) in [5.74, 6) is 0.417. The molecule has 1 atom stereocenters. The van der Waals surface area contributed by atoms with Crippen LogP contribution in [0.3, 0.4) is 0 Å². The van der Waals surface area contributed by atoms with Gasteiger partial charge in [0, 0.05) is 19.3 Å². The molecule has 0 spiro atoms. The van der Waals surface area contributed by atoms with E-state index in [0.29, 0.717) is 28.7 Å². The Kier molecular flexibility index (Phi) is 5.40. The zero-order chi connectivity index (χ0) is 24.8. The van der Waals surface area contributed by atoms with Crippen molar-refractivity contribution in [2.24, 2.45) is 13.0 Å². The first kappa shape index (κ1) is 22.2. The highest BCUT2D eigenvalue weighted by Gasteiger charge is 2.32. The van der Waals surface area contributed by atoms with Crippen molar-refractivity contribution >= 4 is 11.6 Å². The van der Waals surface area contributed by atoms with E-state index >= 15 is 4.39 Å². The lowest BCUT2D eigenvalue weighted by molar-refractivity contribution is -0.615. The van der Waals surface area contributed by atoms with Gasteiger partial charge in [-0.15, -0.1) is 10.2 Å². The number of halogens is 2. The summed E-state index contributed by atoms with van der Waals surface area (Å²) in [6.07, 6.45) is 9.17. The van der Waals surface area contributed by atoms with Gasteiger partial charge in [-0.05, 0) is 51.4 Å². The molecule has 1 saturated carbocycles. The van der Waals surface area contributed by atoms with Gasteiger partial charge in [-0.3, -0.25) is 4.68 Å². The third-order valence-electron chi connectivity index (χ3n) is 6.30. The van der Waals surface area contributed by atoms with E-state index in [1.807, 2.05) is 6.20 Å². The summed E-state index contributed by atoms with van der Waals surface area (Å²) in [6.45, 7) is 0. The van der Waals surface area contributed by atoms with E-state index in [-0.39, 0.29) is 16.6 Å². The molecule has 0 saturated heterocycles. The molecule has 0 aliphatic heterocycles. The summed E-state index contributed by atoms with van der Waals surface area (Å²) in [5.41, 5.74) is 2.06. The van der Waals surface area contributed by atoms with Gasteiger partial charge in [0.2, 0.25) is 5.69 Å². The van der Waals surface area contributed by atoms with Crippen molar-refractivity contribution in [1.82, 2.24) is 50.2 Å². The van der Waals surface area contributed by atoms with Crippen LogP contribution in [0.1, 0.15) is 31.0 Å². The Morgan fingerprint density at radius 3 is 2.72 bits per heavy atom. The molecule has 1 fully saturated rings. The molecule has 6 rings (SSSR count). The van der Waals surface area contributed by atoms with E-state index in [9.17, 15) is 5.21 Å². The fourth-order valence-corrected chi connectivity index (χ4v) is 4.46. The molecule has 1 aliphatic rings. The molecule has 1 unspecified atom stereocenters. The third-order valence-corrected chi connectivity index (χ3v) is 6.59. The fraction of sp³-hybridized carbons (Fsp3) is 0.273. The molecule has 14 heteroatoms. The number of pyridine rings is 1. The minimum absolute atomic E-state index is 0.0719. The van der Waals surface area contributed by atoms with Crippen LogP contribution in [-0.4, -0.2) is 50.2 Å². The molecule has 36 heavy (non-hydrogen) atoms. The Bertz CT molecular complexity index is 1540. The Labute approximate surface area is 208 Å². The Balaban J connectivity index is 1.41. The summed E-state index contributed by atoms with van der Waals surface area (Å²) < 4.78 is 20.6. The lowest BCUT2D eigenvalue weighted by atomic mass is 10.0. The molecule has 4 heterocycles. The van der Waals surface area contributed by atoms with Crippen molar-refractivity contribution in [3.05, 3.63) is 70.9 Å². The van der Waals surface area contributed by atoms with Crippen molar-refractivity contribution in [2.75, 3.05) is 0 Å². The monoisotopic (exact) mass is 507 g/mol. The maximum Gasteiger partial charge on any atom is 0.217 e. The third kappa shape index (κ3) is 3.96. The number of rotatable bonds is 7. The number of nitrogens with zero attached hydrogens (tertiary/aromatic N) is 11. The van der Waals surface area contributed by atoms with E-state index < -0.39 is 5.82 Å². The maximum absolute atomic E-state index is 15.2. The zero-order valence-electron chi connectivity index (χ0n) is 19.0. The molecular weight excluding hydrogens is 489 g/mol. The van der Waals surface area contributed by atoms with E-state index in [0.717, 1.165) is 29.6 Å². The van der Waals surface area contributed by atoms with Crippen LogP contribution < -0.4 is 4.73 Å². The minimum atomic E-state index is -0.666. The van der Waals surface area contributed by atoms with Crippen LogP contribution >= 0.6 is 11.6 Å². The quantitative estimate of drug-likeness (QED) is 0.242.